The number of pyridine rings is 4. The molecule has 2 radical (unpaired) electrons. The van der Waals surface area contributed by atoms with Crippen LogP contribution in [0, 0.1) is 11.6 Å². The van der Waals surface area contributed by atoms with Crippen molar-refractivity contribution in [3.8, 4) is 22.8 Å². The molecule has 0 spiro atoms. The molecule has 11 aromatic rings. The summed E-state index contributed by atoms with van der Waals surface area (Å²) >= 11 is 12.4. The fourth-order valence-corrected chi connectivity index (χ4v) is 7.62. The molecule has 304 valence electrons. The number of carboxylic acid groups (broad SMARTS) is 2. The standard InChI is InChI=1S/2C19H10ClFN4.C8H6O4.Pb/c2*20-12-6-1-7-13(21)14(12)19-24-17-10-4-2-8-22-15(10)16-11(18(17)25-19)5-3-9-23-16;9-7(10)5-1-2-6(4-3-5)8(11)12;/h2*1-9H,(H,24,25);1-4H,(H,9,10)(H,11,12);/q;;;+2/p-2. The van der Waals surface area contributed by atoms with Gasteiger partial charge in [0.2, 0.25) is 0 Å². The van der Waals surface area contributed by atoms with Crippen molar-refractivity contribution in [1.29, 1.82) is 0 Å². The molecule has 0 fully saturated rings. The molecule has 0 amide bonds. The molecule has 2 N–H and O–H groups in total. The van der Waals surface area contributed by atoms with Crippen molar-refractivity contribution in [2.45, 2.75) is 0 Å². The maximum absolute atomic E-state index is 14.3. The number of hydrogen-bond donors (Lipinski definition) is 2. The molecule has 63 heavy (non-hydrogen) atoms. The number of carbonyl (C=O) groups excluding carboxylic acids is 2. The summed E-state index contributed by atoms with van der Waals surface area (Å²) in [5, 5.41) is 24.5. The predicted molar refractivity (Wildman–Crippen MR) is 235 cm³/mol. The Labute approximate surface area is 383 Å². The normalized spacial score (nSPS) is 11.0. The van der Waals surface area contributed by atoms with Gasteiger partial charge in [0, 0.05) is 46.3 Å². The smallest absolute Gasteiger partial charge is 0.545 e. The first-order chi connectivity index (χ1) is 30.1. The number of hydrogen-bond acceptors (Lipinski definition) is 10. The number of rotatable bonds is 4. The zero-order valence-electron chi connectivity index (χ0n) is 32.0. The minimum atomic E-state index is -1.33. The first kappa shape index (κ1) is 42.7. The molecular formula is C46H24Cl2F2N8O4Pb. The van der Waals surface area contributed by atoms with Crippen LogP contribution >= 0.6 is 23.2 Å². The molecule has 0 aliphatic heterocycles. The van der Waals surface area contributed by atoms with Crippen molar-refractivity contribution >= 4 is 128 Å². The number of aromatic nitrogens is 8. The maximum atomic E-state index is 14.3. The Hall–Kier alpha value is -7.02. The number of imidazole rings is 2. The van der Waals surface area contributed by atoms with E-state index in [4.69, 9.17) is 23.2 Å². The van der Waals surface area contributed by atoms with Gasteiger partial charge in [0.15, 0.2) is 0 Å². The Morgan fingerprint density at radius 2 is 0.794 bits per heavy atom. The third kappa shape index (κ3) is 7.99. The molecule has 0 aliphatic carbocycles. The third-order valence-electron chi connectivity index (χ3n) is 9.89. The van der Waals surface area contributed by atoms with Gasteiger partial charge in [-0.3, -0.25) is 19.9 Å². The van der Waals surface area contributed by atoms with Gasteiger partial charge in [-0.1, -0.05) is 59.6 Å². The molecule has 5 aromatic carbocycles. The molecule has 17 heteroatoms. The van der Waals surface area contributed by atoms with Crippen LogP contribution < -0.4 is 10.2 Å². The molecule has 11 rings (SSSR count). The fourth-order valence-electron chi connectivity index (χ4n) is 7.12. The second-order valence-corrected chi connectivity index (χ2v) is 14.4. The number of carbonyl (C=O) groups is 2. The van der Waals surface area contributed by atoms with E-state index in [-0.39, 0.29) is 49.6 Å². The quantitative estimate of drug-likeness (QED) is 0.128. The molecule has 0 unspecified atom stereocenters. The van der Waals surface area contributed by atoms with Gasteiger partial charge in [-0.15, -0.1) is 0 Å². The molecule has 0 aliphatic rings. The van der Waals surface area contributed by atoms with E-state index in [1.165, 1.54) is 12.1 Å². The van der Waals surface area contributed by atoms with Crippen LogP contribution in [0.2, 0.25) is 10.0 Å². The number of fused-ring (bicyclic) bond motifs is 12. The number of carboxylic acids is 2. The van der Waals surface area contributed by atoms with Gasteiger partial charge in [0.1, 0.15) is 23.3 Å². The van der Waals surface area contributed by atoms with Crippen LogP contribution in [-0.4, -0.2) is 79.1 Å². The molecular weight excluding hydrogens is 1040 g/mol. The number of nitrogens with one attached hydrogen (secondary N) is 2. The Morgan fingerprint density at radius 1 is 0.460 bits per heavy atom. The van der Waals surface area contributed by atoms with Gasteiger partial charge in [0.05, 0.1) is 77.2 Å². The van der Waals surface area contributed by atoms with Crippen molar-refractivity contribution in [3.63, 3.8) is 0 Å². The first-order valence-electron chi connectivity index (χ1n) is 18.5. The van der Waals surface area contributed by atoms with Crippen LogP contribution in [0.1, 0.15) is 20.7 Å². The first-order valence-corrected chi connectivity index (χ1v) is 19.3. The Kier molecular flexibility index (Phi) is 12.0. The minimum Gasteiger partial charge on any atom is -0.545 e. The second kappa shape index (κ2) is 17.8. The zero-order chi connectivity index (χ0) is 43.1. The van der Waals surface area contributed by atoms with Crippen LogP contribution in [-0.2, 0) is 0 Å². The van der Waals surface area contributed by atoms with E-state index >= 15 is 0 Å². The molecule has 6 heterocycles. The van der Waals surface area contributed by atoms with E-state index in [0.717, 1.165) is 89.9 Å². The van der Waals surface area contributed by atoms with Gasteiger partial charge >= 0.3 is 27.3 Å². The molecule has 12 nitrogen and oxygen atoms in total. The largest absolute Gasteiger partial charge is 2.00 e. The summed E-state index contributed by atoms with van der Waals surface area (Å²) in [6.07, 6.45) is 6.91. The number of nitrogens with zero attached hydrogens (tertiary/aromatic N) is 6. The second-order valence-electron chi connectivity index (χ2n) is 13.6. The van der Waals surface area contributed by atoms with E-state index in [9.17, 15) is 28.6 Å². The Balaban J connectivity index is 0.000000137. The van der Waals surface area contributed by atoms with Crippen molar-refractivity contribution < 1.29 is 28.6 Å². The summed E-state index contributed by atoms with van der Waals surface area (Å²) in [7, 11) is 0. The van der Waals surface area contributed by atoms with E-state index in [1.807, 2.05) is 48.5 Å². The van der Waals surface area contributed by atoms with Crippen LogP contribution in [0.25, 0.3) is 88.5 Å². The average molecular weight is 1070 g/mol. The average Bonchev–Trinajstić information content (AvgIpc) is 3.94. The summed E-state index contributed by atoms with van der Waals surface area (Å²) in [5.41, 5.74) is 6.52. The van der Waals surface area contributed by atoms with E-state index in [0.29, 0.717) is 21.7 Å². The number of H-pyrrole nitrogens is 2. The molecule has 0 saturated carbocycles. The SMILES string of the molecule is Fc1cccc(Cl)c1-c1nc2c3cccnc3c3ncccc3c2[nH]1.Fc1cccc(Cl)c1-c1nc2c3cccnc3c3ncccc3c2[nH]1.O=C([O-])c1ccc(C(=O)[O-])cc1.[Pb+2]. The van der Waals surface area contributed by atoms with Gasteiger partial charge in [0.25, 0.3) is 0 Å². The fraction of sp³-hybridized carbons (Fsp3) is 0. The van der Waals surface area contributed by atoms with Crippen molar-refractivity contribution in [3.05, 3.63) is 167 Å². The number of aromatic amines is 2. The number of benzene rings is 5. The molecule has 0 bridgehead atoms. The van der Waals surface area contributed by atoms with E-state index in [1.54, 1.807) is 49.1 Å². The Bertz CT molecular complexity index is 3150. The number of halogens is 4. The molecule has 0 atom stereocenters. The third-order valence-corrected chi connectivity index (χ3v) is 10.5. The van der Waals surface area contributed by atoms with Crippen LogP contribution in [0.3, 0.4) is 0 Å². The minimum absolute atomic E-state index is 0. The van der Waals surface area contributed by atoms with Crippen molar-refractivity contribution in [2.75, 3.05) is 0 Å². The van der Waals surface area contributed by atoms with Crippen LogP contribution in [0.4, 0.5) is 8.78 Å². The van der Waals surface area contributed by atoms with E-state index in [2.05, 4.69) is 39.9 Å². The maximum Gasteiger partial charge on any atom is 2.00 e. The summed E-state index contributed by atoms with van der Waals surface area (Å²) < 4.78 is 28.6. The summed E-state index contributed by atoms with van der Waals surface area (Å²) in [6, 6.07) is 29.0. The summed E-state index contributed by atoms with van der Waals surface area (Å²) in [4.78, 5) is 54.0. The monoisotopic (exact) mass is 1070 g/mol. The predicted octanol–water partition coefficient (Wildman–Crippen LogP) is 8.27. The van der Waals surface area contributed by atoms with Gasteiger partial charge in [-0.05, 0) is 83.9 Å². The topological polar surface area (TPSA) is 189 Å². The molecule has 0 saturated heterocycles. The summed E-state index contributed by atoms with van der Waals surface area (Å²) in [6.45, 7) is 0. The van der Waals surface area contributed by atoms with E-state index < -0.39 is 23.6 Å². The van der Waals surface area contributed by atoms with Crippen LogP contribution in [0.5, 0.6) is 0 Å². The molecule has 6 aromatic heterocycles. The van der Waals surface area contributed by atoms with Gasteiger partial charge in [-0.2, -0.15) is 0 Å². The van der Waals surface area contributed by atoms with Crippen molar-refractivity contribution in [1.82, 2.24) is 39.9 Å². The Morgan fingerprint density at radius 3 is 1.13 bits per heavy atom. The zero-order valence-corrected chi connectivity index (χ0v) is 37.4. The number of aromatic carboxylic acids is 2. The van der Waals surface area contributed by atoms with Gasteiger partial charge in [-0.25, -0.2) is 18.7 Å². The van der Waals surface area contributed by atoms with Crippen LogP contribution in [0.15, 0.2) is 134 Å². The van der Waals surface area contributed by atoms with Crippen molar-refractivity contribution in [2.24, 2.45) is 0 Å². The summed E-state index contributed by atoms with van der Waals surface area (Å²) in [5.74, 6) is -2.73. The van der Waals surface area contributed by atoms with Gasteiger partial charge < -0.3 is 29.8 Å².